The van der Waals surface area contributed by atoms with Gasteiger partial charge in [-0.05, 0) is 164 Å². The molecule has 59 heavy (non-hydrogen) atoms. The van der Waals surface area contributed by atoms with Crippen LogP contribution in [0.1, 0.15) is 44.1 Å². The number of hydrogen-bond donors (Lipinski definition) is 0. The summed E-state index contributed by atoms with van der Waals surface area (Å²) in [5, 5.41) is 7.59. The van der Waals surface area contributed by atoms with Gasteiger partial charge in [-0.15, -0.1) is 0 Å². The summed E-state index contributed by atoms with van der Waals surface area (Å²) in [7, 11) is 0. The number of benzene rings is 9. The third-order valence-corrected chi connectivity index (χ3v) is 14.4. The molecule has 0 amide bonds. The molecule has 0 saturated heterocycles. The zero-order valence-corrected chi connectivity index (χ0v) is 33.4. The Bertz CT molecular complexity index is 2970. The molecule has 0 aliphatic heterocycles. The summed E-state index contributed by atoms with van der Waals surface area (Å²) in [6.07, 6.45) is 8.55. The second kappa shape index (κ2) is 13.8. The van der Waals surface area contributed by atoms with Crippen LogP contribution in [0.3, 0.4) is 0 Å². The Morgan fingerprint density at radius 1 is 0.356 bits per heavy atom. The largest absolute Gasteiger partial charge is 0.310 e. The molecule has 0 heterocycles. The first-order valence-electron chi connectivity index (χ1n) is 21.8. The van der Waals surface area contributed by atoms with Gasteiger partial charge in [-0.25, -0.2) is 0 Å². The molecule has 4 saturated carbocycles. The van der Waals surface area contributed by atoms with E-state index in [-0.39, 0.29) is 0 Å². The molecule has 4 fully saturated rings. The van der Waals surface area contributed by atoms with E-state index in [4.69, 9.17) is 0 Å². The lowest BCUT2D eigenvalue weighted by Gasteiger charge is -2.57. The zero-order valence-electron chi connectivity index (χ0n) is 33.4. The molecule has 0 atom stereocenters. The molecule has 284 valence electrons. The first kappa shape index (κ1) is 34.6. The normalized spacial score (nSPS) is 20.7. The number of hydrogen-bond acceptors (Lipinski definition) is 1. The lowest BCUT2D eigenvalue weighted by Crippen LogP contribution is -2.48. The monoisotopic (exact) mass is 757 g/mol. The first-order chi connectivity index (χ1) is 29.2. The maximum Gasteiger partial charge on any atom is 0.0540 e. The number of fused-ring (bicyclic) bond motifs is 3. The molecule has 0 spiro atoms. The van der Waals surface area contributed by atoms with Gasteiger partial charge in [-0.2, -0.15) is 0 Å². The van der Waals surface area contributed by atoms with Crippen molar-refractivity contribution < 1.29 is 0 Å². The molecule has 0 N–H and O–H groups in total. The minimum atomic E-state index is 0.369. The van der Waals surface area contributed by atoms with E-state index in [1.807, 2.05) is 0 Å². The molecule has 4 aliphatic rings. The predicted molar refractivity (Wildman–Crippen MR) is 250 cm³/mol. The van der Waals surface area contributed by atoms with Gasteiger partial charge in [0.1, 0.15) is 0 Å². The predicted octanol–water partition coefficient (Wildman–Crippen LogP) is 16.1. The van der Waals surface area contributed by atoms with E-state index >= 15 is 0 Å². The van der Waals surface area contributed by atoms with Crippen molar-refractivity contribution in [3.63, 3.8) is 0 Å². The molecular formula is C58H47N. The number of rotatable bonds is 7. The molecule has 0 unspecified atom stereocenters. The Kier molecular flexibility index (Phi) is 8.12. The number of anilines is 3. The topological polar surface area (TPSA) is 3.24 Å². The molecule has 1 heteroatoms. The van der Waals surface area contributed by atoms with Gasteiger partial charge in [0.05, 0.1) is 5.69 Å². The summed E-state index contributed by atoms with van der Waals surface area (Å²) >= 11 is 0. The van der Waals surface area contributed by atoms with Gasteiger partial charge in [0.15, 0.2) is 0 Å². The van der Waals surface area contributed by atoms with Crippen LogP contribution < -0.4 is 4.90 Å². The summed E-state index contributed by atoms with van der Waals surface area (Å²) < 4.78 is 0. The molecule has 0 aromatic heterocycles. The summed E-state index contributed by atoms with van der Waals surface area (Å²) in [4.78, 5) is 2.50. The SMILES string of the molecule is c1ccc(-c2cccc3cc(-c4ccc(N(c5ccc(C67CC8CC(CC(C8)C6)C7)cc5)c5ccc(-c6cccc7ccccc67)c6ccccc56)cc4)ccc23)cc1. The minimum absolute atomic E-state index is 0.369. The van der Waals surface area contributed by atoms with E-state index < -0.39 is 0 Å². The Labute approximate surface area is 347 Å². The Hall–Kier alpha value is -6.44. The fourth-order valence-corrected chi connectivity index (χ4v) is 12.2. The van der Waals surface area contributed by atoms with Crippen molar-refractivity contribution in [1.82, 2.24) is 0 Å². The lowest BCUT2D eigenvalue weighted by atomic mass is 9.48. The van der Waals surface area contributed by atoms with Crippen LogP contribution in [0.5, 0.6) is 0 Å². The highest BCUT2D eigenvalue weighted by Crippen LogP contribution is 2.61. The Morgan fingerprint density at radius 2 is 0.898 bits per heavy atom. The maximum atomic E-state index is 2.50. The van der Waals surface area contributed by atoms with Crippen LogP contribution in [0, 0.1) is 17.8 Å². The van der Waals surface area contributed by atoms with Gasteiger partial charge >= 0.3 is 0 Å². The molecule has 0 radical (unpaired) electrons. The third-order valence-electron chi connectivity index (χ3n) is 14.4. The van der Waals surface area contributed by atoms with Crippen LogP contribution in [0.2, 0.25) is 0 Å². The Morgan fingerprint density at radius 3 is 1.63 bits per heavy atom. The molecule has 4 bridgehead atoms. The summed E-state index contributed by atoms with van der Waals surface area (Å²) in [6, 6.07) is 72.5. The highest BCUT2D eigenvalue weighted by molar-refractivity contribution is 6.10. The smallest absolute Gasteiger partial charge is 0.0540 e. The van der Waals surface area contributed by atoms with Crippen LogP contribution in [0.25, 0.3) is 65.7 Å². The molecule has 9 aromatic carbocycles. The van der Waals surface area contributed by atoms with E-state index in [1.54, 1.807) is 5.56 Å². The summed E-state index contributed by atoms with van der Waals surface area (Å²) in [6.45, 7) is 0. The second-order valence-corrected chi connectivity index (χ2v) is 17.9. The van der Waals surface area contributed by atoms with Gasteiger partial charge in [-0.3, -0.25) is 0 Å². The van der Waals surface area contributed by atoms with Gasteiger partial charge < -0.3 is 4.90 Å². The average molecular weight is 758 g/mol. The lowest BCUT2D eigenvalue weighted by molar-refractivity contribution is -0.00518. The Balaban J connectivity index is 0.966. The fraction of sp³-hybridized carbons (Fsp3) is 0.172. The quantitative estimate of drug-likeness (QED) is 0.156. The van der Waals surface area contributed by atoms with Crippen molar-refractivity contribution in [3.8, 4) is 33.4 Å². The van der Waals surface area contributed by atoms with Gasteiger partial charge in [0, 0.05) is 16.8 Å². The van der Waals surface area contributed by atoms with E-state index in [0.717, 1.165) is 23.4 Å². The van der Waals surface area contributed by atoms with Gasteiger partial charge in [0.25, 0.3) is 0 Å². The molecule has 1 nitrogen and oxygen atoms in total. The molecular weight excluding hydrogens is 711 g/mol. The number of nitrogens with zero attached hydrogens (tertiary/aromatic N) is 1. The van der Waals surface area contributed by atoms with Gasteiger partial charge in [-0.1, -0.05) is 158 Å². The van der Waals surface area contributed by atoms with Crippen molar-refractivity contribution in [2.45, 2.75) is 43.9 Å². The molecule has 9 aromatic rings. The maximum absolute atomic E-state index is 2.50. The standard InChI is InChI=1S/C58H47N/c1-2-10-43(11-3-1)50-18-9-14-46-35-45(22-29-52(46)50)42-20-25-48(26-21-42)59(49-27-23-47(24-28-49)58-36-39-32-40(37-58)34-41(33-39)38-58)57-31-30-55(54-16-6-7-17-56(54)57)53-19-8-13-44-12-4-5-15-51(44)53/h1-31,35,39-41H,32-34,36-38H2. The van der Waals surface area contributed by atoms with Crippen molar-refractivity contribution in [1.29, 1.82) is 0 Å². The average Bonchev–Trinajstić information content (AvgIpc) is 3.29. The third kappa shape index (κ3) is 5.90. The zero-order chi connectivity index (χ0) is 38.9. The van der Waals surface area contributed by atoms with Crippen molar-refractivity contribution >= 4 is 49.4 Å². The van der Waals surface area contributed by atoms with Crippen molar-refractivity contribution in [2.24, 2.45) is 17.8 Å². The minimum Gasteiger partial charge on any atom is -0.310 e. The fourth-order valence-electron chi connectivity index (χ4n) is 12.2. The van der Waals surface area contributed by atoms with Crippen LogP contribution in [-0.4, -0.2) is 0 Å². The summed E-state index contributed by atoms with van der Waals surface area (Å²) in [5.74, 6) is 2.78. The summed E-state index contributed by atoms with van der Waals surface area (Å²) in [5.41, 5.74) is 13.0. The first-order valence-corrected chi connectivity index (χ1v) is 21.8. The van der Waals surface area contributed by atoms with Crippen LogP contribution >= 0.6 is 0 Å². The van der Waals surface area contributed by atoms with E-state index in [9.17, 15) is 0 Å². The van der Waals surface area contributed by atoms with Crippen LogP contribution in [0.15, 0.2) is 194 Å². The highest BCUT2D eigenvalue weighted by atomic mass is 15.1. The van der Waals surface area contributed by atoms with Gasteiger partial charge in [0.2, 0.25) is 0 Å². The second-order valence-electron chi connectivity index (χ2n) is 17.9. The van der Waals surface area contributed by atoms with Crippen molar-refractivity contribution in [3.05, 3.63) is 200 Å². The van der Waals surface area contributed by atoms with E-state index in [0.29, 0.717) is 5.41 Å². The molecule has 13 rings (SSSR count). The van der Waals surface area contributed by atoms with Crippen LogP contribution in [0.4, 0.5) is 17.1 Å². The van der Waals surface area contributed by atoms with E-state index in [1.165, 1.54) is 116 Å². The molecule has 4 aliphatic carbocycles. The highest BCUT2D eigenvalue weighted by Gasteiger charge is 2.51. The van der Waals surface area contributed by atoms with Crippen molar-refractivity contribution in [2.75, 3.05) is 4.90 Å². The van der Waals surface area contributed by atoms with E-state index in [2.05, 4.69) is 199 Å². The van der Waals surface area contributed by atoms with Crippen LogP contribution in [-0.2, 0) is 5.41 Å².